The van der Waals surface area contributed by atoms with E-state index in [9.17, 15) is 19.5 Å². The Labute approximate surface area is 174 Å². The van der Waals surface area contributed by atoms with Gasteiger partial charge in [0.05, 0.1) is 12.1 Å². The summed E-state index contributed by atoms with van der Waals surface area (Å²) < 4.78 is 1.33. The van der Waals surface area contributed by atoms with E-state index in [0.717, 1.165) is 16.7 Å². The van der Waals surface area contributed by atoms with Gasteiger partial charge in [-0.3, -0.25) is 19.5 Å². The second-order valence-electron chi connectivity index (χ2n) is 7.43. The van der Waals surface area contributed by atoms with Crippen molar-refractivity contribution in [3.05, 3.63) is 87.3 Å². The number of carbonyl (C=O) groups excluding carboxylic acids is 1. The molecule has 0 bridgehead atoms. The molecule has 0 aliphatic rings. The minimum atomic E-state index is -0.991. The second kappa shape index (κ2) is 9.26. The Morgan fingerprint density at radius 1 is 1.10 bits per heavy atom. The zero-order valence-corrected chi connectivity index (χ0v) is 17.0. The van der Waals surface area contributed by atoms with Crippen LogP contribution in [0.2, 0.25) is 0 Å². The first-order valence-corrected chi connectivity index (χ1v) is 9.80. The topological polar surface area (TPSA) is 104 Å². The van der Waals surface area contributed by atoms with Gasteiger partial charge >= 0.3 is 5.97 Å². The monoisotopic (exact) mass is 407 g/mol. The number of amides is 1. The van der Waals surface area contributed by atoms with Crippen LogP contribution >= 0.6 is 0 Å². The number of aromatic amines is 1. The molecule has 0 spiro atoms. The smallest absolute Gasteiger partial charge is 0.305 e. The molecule has 7 nitrogen and oxygen atoms in total. The molecule has 0 radical (unpaired) electrons. The first-order valence-electron chi connectivity index (χ1n) is 9.80. The fraction of sp³-hybridized carbons (Fsp3) is 0.261. The lowest BCUT2D eigenvalue weighted by Crippen LogP contribution is -2.37. The maximum Gasteiger partial charge on any atom is 0.305 e. The molecule has 1 atom stereocenters. The van der Waals surface area contributed by atoms with E-state index >= 15 is 0 Å². The predicted octanol–water partition coefficient (Wildman–Crippen LogP) is 2.99. The second-order valence-corrected chi connectivity index (χ2v) is 7.43. The normalized spacial score (nSPS) is 11.8. The summed E-state index contributed by atoms with van der Waals surface area (Å²) in [5.74, 6) is -1.50. The summed E-state index contributed by atoms with van der Waals surface area (Å²) >= 11 is 0. The van der Waals surface area contributed by atoms with Crippen molar-refractivity contribution in [1.82, 2.24) is 15.1 Å². The van der Waals surface area contributed by atoms with Crippen LogP contribution in [-0.4, -0.2) is 32.8 Å². The van der Waals surface area contributed by atoms with Crippen molar-refractivity contribution in [1.29, 1.82) is 0 Å². The zero-order valence-electron chi connectivity index (χ0n) is 17.0. The van der Waals surface area contributed by atoms with Gasteiger partial charge in [-0.2, -0.15) is 0 Å². The van der Waals surface area contributed by atoms with E-state index in [-0.39, 0.29) is 17.7 Å². The summed E-state index contributed by atoms with van der Waals surface area (Å²) in [4.78, 5) is 36.4. The standard InChI is InChI=1S/C23H25N3O4/c1-15-8-9-16(2)20(12-15)26-21(27)14-19(25-26)23(30)24-18(13-22(28)29)11-10-17-6-4-3-5-7-17/h3-9,12,14,18,25H,10-11,13H2,1-2H3,(H,24,30)(H,28,29). The quantitative estimate of drug-likeness (QED) is 0.534. The average Bonchev–Trinajstić information content (AvgIpc) is 3.10. The van der Waals surface area contributed by atoms with Crippen LogP contribution in [0.3, 0.4) is 0 Å². The lowest BCUT2D eigenvalue weighted by atomic mass is 10.0. The fourth-order valence-electron chi connectivity index (χ4n) is 3.34. The molecular formula is C23H25N3O4. The number of aromatic nitrogens is 2. The molecule has 0 aliphatic heterocycles. The molecule has 1 heterocycles. The van der Waals surface area contributed by atoms with Crippen molar-refractivity contribution in [3.8, 4) is 5.69 Å². The van der Waals surface area contributed by atoms with Gasteiger partial charge < -0.3 is 10.4 Å². The summed E-state index contributed by atoms with van der Waals surface area (Å²) in [5, 5.41) is 14.8. The van der Waals surface area contributed by atoms with Crippen molar-refractivity contribution in [2.24, 2.45) is 0 Å². The number of hydrogen-bond acceptors (Lipinski definition) is 3. The molecule has 0 saturated carbocycles. The summed E-state index contributed by atoms with van der Waals surface area (Å²) in [7, 11) is 0. The van der Waals surface area contributed by atoms with E-state index in [0.29, 0.717) is 18.5 Å². The summed E-state index contributed by atoms with van der Waals surface area (Å²) in [6.45, 7) is 3.81. The largest absolute Gasteiger partial charge is 0.481 e. The fourth-order valence-corrected chi connectivity index (χ4v) is 3.34. The summed E-state index contributed by atoms with van der Waals surface area (Å²) in [6, 6.07) is 16.1. The molecule has 3 rings (SSSR count). The predicted molar refractivity (Wildman–Crippen MR) is 114 cm³/mol. The highest BCUT2D eigenvalue weighted by Crippen LogP contribution is 2.14. The Kier molecular flexibility index (Phi) is 6.51. The number of carboxylic acids is 1. The maximum absolute atomic E-state index is 12.7. The van der Waals surface area contributed by atoms with Crippen molar-refractivity contribution in [2.75, 3.05) is 0 Å². The molecule has 1 aromatic heterocycles. The first kappa shape index (κ1) is 21.1. The van der Waals surface area contributed by atoms with E-state index in [2.05, 4.69) is 10.4 Å². The van der Waals surface area contributed by atoms with Gasteiger partial charge in [0.1, 0.15) is 5.69 Å². The summed E-state index contributed by atoms with van der Waals surface area (Å²) in [5.41, 5.74) is 3.36. The Morgan fingerprint density at radius 3 is 2.53 bits per heavy atom. The highest BCUT2D eigenvalue weighted by molar-refractivity contribution is 5.92. The Bertz CT molecular complexity index is 1100. The molecule has 3 aromatic rings. The van der Waals surface area contributed by atoms with Crippen LogP contribution in [0.25, 0.3) is 5.69 Å². The number of aryl methyl sites for hydroxylation is 3. The molecule has 1 amide bonds. The van der Waals surface area contributed by atoms with Gasteiger partial charge in [0.2, 0.25) is 0 Å². The molecule has 3 N–H and O–H groups in total. The van der Waals surface area contributed by atoms with Crippen molar-refractivity contribution < 1.29 is 14.7 Å². The summed E-state index contributed by atoms with van der Waals surface area (Å²) in [6.07, 6.45) is 0.920. The number of benzene rings is 2. The number of rotatable bonds is 8. The number of nitrogens with one attached hydrogen (secondary N) is 2. The van der Waals surface area contributed by atoms with Crippen molar-refractivity contribution in [2.45, 2.75) is 39.2 Å². The van der Waals surface area contributed by atoms with E-state index in [4.69, 9.17) is 0 Å². The lowest BCUT2D eigenvalue weighted by Gasteiger charge is -2.16. The van der Waals surface area contributed by atoms with Crippen LogP contribution in [0.4, 0.5) is 0 Å². The van der Waals surface area contributed by atoms with Gasteiger partial charge in [-0.25, -0.2) is 4.68 Å². The van der Waals surface area contributed by atoms with Crippen LogP contribution in [0.1, 0.15) is 40.0 Å². The Morgan fingerprint density at radius 2 is 1.83 bits per heavy atom. The molecule has 0 saturated heterocycles. The molecular weight excluding hydrogens is 382 g/mol. The van der Waals surface area contributed by atoms with E-state index in [1.807, 2.05) is 62.4 Å². The molecule has 30 heavy (non-hydrogen) atoms. The highest BCUT2D eigenvalue weighted by atomic mass is 16.4. The van der Waals surface area contributed by atoms with E-state index in [1.54, 1.807) is 0 Å². The number of carbonyl (C=O) groups is 2. The van der Waals surface area contributed by atoms with Crippen LogP contribution in [-0.2, 0) is 11.2 Å². The molecule has 0 aliphatic carbocycles. The van der Waals surface area contributed by atoms with Crippen LogP contribution < -0.4 is 10.9 Å². The zero-order chi connectivity index (χ0) is 21.7. The number of hydrogen-bond donors (Lipinski definition) is 3. The number of H-pyrrole nitrogens is 1. The van der Waals surface area contributed by atoms with Gasteiger partial charge in [0, 0.05) is 12.1 Å². The van der Waals surface area contributed by atoms with Crippen LogP contribution in [0.15, 0.2) is 59.4 Å². The van der Waals surface area contributed by atoms with Gasteiger partial charge in [-0.05, 0) is 49.4 Å². The van der Waals surface area contributed by atoms with Gasteiger partial charge in [0.15, 0.2) is 0 Å². The van der Waals surface area contributed by atoms with Gasteiger partial charge in [-0.1, -0.05) is 42.5 Å². The van der Waals surface area contributed by atoms with Gasteiger partial charge in [0.25, 0.3) is 11.5 Å². The SMILES string of the molecule is Cc1ccc(C)c(-n2[nH]c(C(=O)NC(CCc3ccccc3)CC(=O)O)cc2=O)c1. The Hall–Kier alpha value is -3.61. The lowest BCUT2D eigenvalue weighted by molar-refractivity contribution is -0.137. The third-order valence-electron chi connectivity index (χ3n) is 4.95. The number of aliphatic carboxylic acids is 1. The highest BCUT2D eigenvalue weighted by Gasteiger charge is 2.19. The van der Waals surface area contributed by atoms with E-state index in [1.165, 1.54) is 10.7 Å². The third kappa shape index (κ3) is 5.26. The minimum Gasteiger partial charge on any atom is -0.481 e. The maximum atomic E-state index is 12.7. The molecule has 7 heteroatoms. The number of nitrogens with zero attached hydrogens (tertiary/aromatic N) is 1. The number of carboxylic acid groups (broad SMARTS) is 1. The molecule has 1 unspecified atom stereocenters. The molecule has 0 fully saturated rings. The Balaban J connectivity index is 1.76. The van der Waals surface area contributed by atoms with Gasteiger partial charge in [-0.15, -0.1) is 0 Å². The third-order valence-corrected chi connectivity index (χ3v) is 4.95. The first-order chi connectivity index (χ1) is 14.3. The molecule has 156 valence electrons. The van der Waals surface area contributed by atoms with Crippen LogP contribution in [0, 0.1) is 13.8 Å². The average molecular weight is 407 g/mol. The van der Waals surface area contributed by atoms with E-state index < -0.39 is 17.9 Å². The van der Waals surface area contributed by atoms with Crippen LogP contribution in [0.5, 0.6) is 0 Å². The van der Waals surface area contributed by atoms with Crippen molar-refractivity contribution in [3.63, 3.8) is 0 Å². The minimum absolute atomic E-state index is 0.0935. The molecule has 2 aromatic carbocycles. The van der Waals surface area contributed by atoms with Crippen molar-refractivity contribution >= 4 is 11.9 Å².